The summed E-state index contributed by atoms with van der Waals surface area (Å²) in [4.78, 5) is 21.4. The number of amides is 1. The van der Waals surface area contributed by atoms with Crippen molar-refractivity contribution in [1.29, 1.82) is 0 Å². The van der Waals surface area contributed by atoms with Crippen molar-refractivity contribution in [3.05, 3.63) is 70.9 Å². The van der Waals surface area contributed by atoms with Gasteiger partial charge in [0.25, 0.3) is 5.91 Å². The summed E-state index contributed by atoms with van der Waals surface area (Å²) in [5.41, 5.74) is 3.84. The molecule has 4 nitrogen and oxygen atoms in total. The Balaban J connectivity index is 1.66. The number of hydrogen-bond donors (Lipinski definition) is 0. The van der Waals surface area contributed by atoms with E-state index >= 15 is 0 Å². The number of carbonyl (C=O) groups excluding carboxylic acids is 1. The van der Waals surface area contributed by atoms with E-state index in [0.717, 1.165) is 17.4 Å². The molecule has 2 heterocycles. The molecule has 0 bridgehead atoms. The molecule has 1 aromatic heterocycles. The van der Waals surface area contributed by atoms with Gasteiger partial charge in [0.2, 0.25) is 0 Å². The van der Waals surface area contributed by atoms with E-state index in [0.29, 0.717) is 23.8 Å². The summed E-state index contributed by atoms with van der Waals surface area (Å²) in [5, 5.41) is 1.38. The number of likely N-dealkylation sites (N-methyl/N-ethyl adjacent to an activating group) is 1. The molecule has 1 amide bonds. The maximum Gasteiger partial charge on any atom is 0.254 e. The quantitative estimate of drug-likeness (QED) is 0.622. The second-order valence-corrected chi connectivity index (χ2v) is 6.71. The first-order valence-electron chi connectivity index (χ1n) is 8.26. The SMILES string of the molecule is CN1CCN(C(=O)c2ccc3nc(Cl)ccc3c2)Cc2ccccc21. The van der Waals surface area contributed by atoms with Gasteiger partial charge < -0.3 is 9.80 Å². The van der Waals surface area contributed by atoms with Crippen molar-refractivity contribution in [1.82, 2.24) is 9.88 Å². The maximum absolute atomic E-state index is 13.0. The van der Waals surface area contributed by atoms with Gasteiger partial charge in [-0.25, -0.2) is 4.98 Å². The van der Waals surface area contributed by atoms with E-state index in [9.17, 15) is 4.79 Å². The lowest BCUT2D eigenvalue weighted by molar-refractivity contribution is 0.0752. The average molecular weight is 352 g/mol. The lowest BCUT2D eigenvalue weighted by atomic mass is 10.1. The zero-order valence-corrected chi connectivity index (χ0v) is 14.7. The number of para-hydroxylation sites is 1. The number of aromatic nitrogens is 1. The monoisotopic (exact) mass is 351 g/mol. The molecule has 0 radical (unpaired) electrons. The molecule has 2 aromatic carbocycles. The Kier molecular flexibility index (Phi) is 4.06. The molecule has 0 unspecified atom stereocenters. The molecule has 0 spiro atoms. The van der Waals surface area contributed by atoms with Crippen LogP contribution < -0.4 is 4.90 Å². The Hall–Kier alpha value is -2.59. The van der Waals surface area contributed by atoms with Gasteiger partial charge in [-0.15, -0.1) is 0 Å². The second-order valence-electron chi connectivity index (χ2n) is 6.32. The van der Waals surface area contributed by atoms with Crippen molar-refractivity contribution in [2.24, 2.45) is 0 Å². The Morgan fingerprint density at radius 2 is 1.92 bits per heavy atom. The summed E-state index contributed by atoms with van der Waals surface area (Å²) < 4.78 is 0. The zero-order chi connectivity index (χ0) is 17.4. The van der Waals surface area contributed by atoms with Crippen LogP contribution in [0.25, 0.3) is 10.9 Å². The van der Waals surface area contributed by atoms with Gasteiger partial charge in [0.05, 0.1) is 5.52 Å². The summed E-state index contributed by atoms with van der Waals surface area (Å²) in [6.07, 6.45) is 0. The third kappa shape index (κ3) is 3.05. The van der Waals surface area contributed by atoms with Gasteiger partial charge in [-0.05, 0) is 42.0 Å². The van der Waals surface area contributed by atoms with Crippen LogP contribution in [0.1, 0.15) is 15.9 Å². The fourth-order valence-corrected chi connectivity index (χ4v) is 3.44. The van der Waals surface area contributed by atoms with Crippen LogP contribution in [0.5, 0.6) is 0 Å². The molecule has 126 valence electrons. The van der Waals surface area contributed by atoms with Crippen LogP contribution in [0, 0.1) is 0 Å². The highest BCUT2D eigenvalue weighted by molar-refractivity contribution is 6.29. The summed E-state index contributed by atoms with van der Waals surface area (Å²) >= 11 is 5.93. The Morgan fingerprint density at radius 3 is 2.80 bits per heavy atom. The van der Waals surface area contributed by atoms with Gasteiger partial charge in [0.15, 0.2) is 0 Å². The van der Waals surface area contributed by atoms with E-state index in [1.54, 1.807) is 6.07 Å². The Morgan fingerprint density at radius 1 is 1.08 bits per heavy atom. The summed E-state index contributed by atoms with van der Waals surface area (Å²) in [7, 11) is 2.07. The first-order valence-corrected chi connectivity index (χ1v) is 8.64. The van der Waals surface area contributed by atoms with Crippen LogP contribution >= 0.6 is 11.6 Å². The highest BCUT2D eigenvalue weighted by atomic mass is 35.5. The first-order chi connectivity index (χ1) is 12.1. The Bertz CT molecular complexity index is 957. The summed E-state index contributed by atoms with van der Waals surface area (Å²) in [6.45, 7) is 2.13. The molecule has 0 saturated heterocycles. The van der Waals surface area contributed by atoms with Crippen LogP contribution in [0.4, 0.5) is 5.69 Å². The van der Waals surface area contributed by atoms with E-state index < -0.39 is 0 Å². The molecular formula is C20H18ClN3O. The van der Waals surface area contributed by atoms with Crippen LogP contribution in [-0.4, -0.2) is 35.9 Å². The predicted molar refractivity (Wildman–Crippen MR) is 101 cm³/mol. The molecule has 4 rings (SSSR count). The summed E-state index contributed by atoms with van der Waals surface area (Å²) in [6, 6.07) is 17.5. The smallest absolute Gasteiger partial charge is 0.254 e. The molecule has 25 heavy (non-hydrogen) atoms. The molecule has 0 atom stereocenters. The van der Waals surface area contributed by atoms with Crippen molar-refractivity contribution in [2.75, 3.05) is 25.0 Å². The van der Waals surface area contributed by atoms with Gasteiger partial charge in [0.1, 0.15) is 5.15 Å². The molecule has 0 saturated carbocycles. The molecule has 1 aliphatic rings. The van der Waals surface area contributed by atoms with E-state index in [2.05, 4.69) is 29.1 Å². The fourth-order valence-electron chi connectivity index (χ4n) is 3.28. The number of fused-ring (bicyclic) bond motifs is 2. The molecular weight excluding hydrogens is 334 g/mol. The first kappa shape index (κ1) is 15.9. The number of hydrogen-bond acceptors (Lipinski definition) is 3. The highest BCUT2D eigenvalue weighted by Gasteiger charge is 2.22. The number of anilines is 1. The maximum atomic E-state index is 13.0. The largest absolute Gasteiger partial charge is 0.373 e. The highest BCUT2D eigenvalue weighted by Crippen LogP contribution is 2.25. The van der Waals surface area contributed by atoms with Crippen molar-refractivity contribution in [2.45, 2.75) is 6.54 Å². The number of pyridine rings is 1. The van der Waals surface area contributed by atoms with Gasteiger partial charge in [-0.3, -0.25) is 4.79 Å². The molecule has 3 aromatic rings. The van der Waals surface area contributed by atoms with E-state index in [-0.39, 0.29) is 5.91 Å². The van der Waals surface area contributed by atoms with Crippen molar-refractivity contribution in [3.8, 4) is 0 Å². The van der Waals surface area contributed by atoms with Crippen LogP contribution in [0.15, 0.2) is 54.6 Å². The second kappa shape index (κ2) is 6.37. The topological polar surface area (TPSA) is 36.4 Å². The predicted octanol–water partition coefficient (Wildman–Crippen LogP) is 3.98. The van der Waals surface area contributed by atoms with Crippen molar-refractivity contribution in [3.63, 3.8) is 0 Å². The minimum atomic E-state index is 0.0435. The minimum absolute atomic E-state index is 0.0435. The third-order valence-electron chi connectivity index (χ3n) is 4.66. The summed E-state index contributed by atoms with van der Waals surface area (Å²) in [5.74, 6) is 0.0435. The molecule has 0 aliphatic carbocycles. The fraction of sp³-hybridized carbons (Fsp3) is 0.200. The van der Waals surface area contributed by atoms with Crippen molar-refractivity contribution >= 4 is 34.1 Å². The lowest BCUT2D eigenvalue weighted by Gasteiger charge is -2.21. The third-order valence-corrected chi connectivity index (χ3v) is 4.87. The number of rotatable bonds is 1. The Labute approximate surface area is 151 Å². The zero-order valence-electron chi connectivity index (χ0n) is 13.9. The van der Waals surface area contributed by atoms with Crippen LogP contribution in [0.2, 0.25) is 5.15 Å². The number of benzene rings is 2. The number of nitrogens with zero attached hydrogens (tertiary/aromatic N) is 3. The lowest BCUT2D eigenvalue weighted by Crippen LogP contribution is -2.34. The number of carbonyl (C=O) groups is 1. The standard InChI is InChI=1S/C20H18ClN3O/c1-23-10-11-24(13-16-4-2-3-5-18(16)23)20(25)15-6-8-17-14(12-15)7-9-19(21)22-17/h2-9,12H,10-11,13H2,1H3. The van der Waals surface area contributed by atoms with Gasteiger partial charge in [-0.1, -0.05) is 29.8 Å². The van der Waals surface area contributed by atoms with Gasteiger partial charge in [0, 0.05) is 43.3 Å². The van der Waals surface area contributed by atoms with E-state index in [1.807, 2.05) is 41.3 Å². The molecule has 1 aliphatic heterocycles. The van der Waals surface area contributed by atoms with Crippen LogP contribution in [0.3, 0.4) is 0 Å². The van der Waals surface area contributed by atoms with Crippen LogP contribution in [-0.2, 0) is 6.54 Å². The van der Waals surface area contributed by atoms with Gasteiger partial charge in [-0.2, -0.15) is 0 Å². The average Bonchev–Trinajstić information content (AvgIpc) is 2.80. The molecule has 0 fully saturated rings. The molecule has 0 N–H and O–H groups in total. The normalized spacial score (nSPS) is 14.3. The number of halogens is 1. The molecule has 5 heteroatoms. The van der Waals surface area contributed by atoms with E-state index in [4.69, 9.17) is 11.6 Å². The van der Waals surface area contributed by atoms with Gasteiger partial charge >= 0.3 is 0 Å². The minimum Gasteiger partial charge on any atom is -0.373 e. The van der Waals surface area contributed by atoms with Crippen molar-refractivity contribution < 1.29 is 4.79 Å². The van der Waals surface area contributed by atoms with E-state index in [1.165, 1.54) is 11.3 Å².